The zero-order chi connectivity index (χ0) is 9.84. The highest BCUT2D eigenvalue weighted by Crippen LogP contribution is 2.17. The van der Waals surface area contributed by atoms with Gasteiger partial charge in [-0.15, -0.1) is 0 Å². The average Bonchev–Trinajstić information content (AvgIpc) is 2.04. The van der Waals surface area contributed by atoms with Crippen molar-refractivity contribution in [1.82, 2.24) is 5.43 Å². The number of hydrazine groups is 1. The molecule has 2 nitrogen and oxygen atoms in total. The quantitative estimate of drug-likeness (QED) is 0.558. The molecule has 13 heavy (non-hydrogen) atoms. The standard InChI is InChI=1S/C9H12F2N2/c1-2-9(13-12)6-3-7(10)5-8(11)4-6/h3-5,9,13H,2,12H2,1H3/t9-/m1/s1. The number of benzene rings is 1. The van der Waals surface area contributed by atoms with Gasteiger partial charge in [-0.05, 0) is 24.1 Å². The van der Waals surface area contributed by atoms with Gasteiger partial charge in [0.25, 0.3) is 0 Å². The summed E-state index contributed by atoms with van der Waals surface area (Å²) in [7, 11) is 0. The van der Waals surface area contributed by atoms with Gasteiger partial charge in [-0.3, -0.25) is 11.3 Å². The van der Waals surface area contributed by atoms with Crippen LogP contribution < -0.4 is 11.3 Å². The highest BCUT2D eigenvalue weighted by molar-refractivity contribution is 5.21. The van der Waals surface area contributed by atoms with Gasteiger partial charge in [-0.2, -0.15) is 0 Å². The summed E-state index contributed by atoms with van der Waals surface area (Å²) in [6.45, 7) is 1.88. The van der Waals surface area contributed by atoms with Crippen molar-refractivity contribution in [2.45, 2.75) is 19.4 Å². The van der Waals surface area contributed by atoms with E-state index in [0.717, 1.165) is 6.07 Å². The first-order chi connectivity index (χ1) is 6.17. The summed E-state index contributed by atoms with van der Waals surface area (Å²) in [6, 6.07) is 3.19. The van der Waals surface area contributed by atoms with Crippen molar-refractivity contribution in [3.05, 3.63) is 35.4 Å². The summed E-state index contributed by atoms with van der Waals surface area (Å²) in [5.41, 5.74) is 3.02. The zero-order valence-corrected chi connectivity index (χ0v) is 7.35. The maximum atomic E-state index is 12.8. The van der Waals surface area contributed by atoms with E-state index in [0.29, 0.717) is 12.0 Å². The Hall–Kier alpha value is -1.00. The average molecular weight is 186 g/mol. The van der Waals surface area contributed by atoms with Crippen LogP contribution in [-0.4, -0.2) is 0 Å². The maximum Gasteiger partial charge on any atom is 0.126 e. The molecule has 0 bridgehead atoms. The van der Waals surface area contributed by atoms with E-state index in [4.69, 9.17) is 5.84 Å². The summed E-state index contributed by atoms with van der Waals surface area (Å²) < 4.78 is 25.5. The molecular weight excluding hydrogens is 174 g/mol. The topological polar surface area (TPSA) is 38.0 Å². The predicted molar refractivity (Wildman–Crippen MR) is 46.7 cm³/mol. The third-order valence-electron chi connectivity index (χ3n) is 1.90. The Labute approximate surface area is 75.7 Å². The minimum Gasteiger partial charge on any atom is -0.271 e. The van der Waals surface area contributed by atoms with Crippen LogP contribution in [0.5, 0.6) is 0 Å². The van der Waals surface area contributed by atoms with Crippen molar-refractivity contribution in [2.24, 2.45) is 5.84 Å². The van der Waals surface area contributed by atoms with Gasteiger partial charge >= 0.3 is 0 Å². The smallest absolute Gasteiger partial charge is 0.126 e. The predicted octanol–water partition coefficient (Wildman–Crippen LogP) is 1.88. The second-order valence-electron chi connectivity index (χ2n) is 2.83. The molecule has 1 aromatic rings. The number of hydrogen-bond donors (Lipinski definition) is 2. The minimum absolute atomic E-state index is 0.204. The fourth-order valence-electron chi connectivity index (χ4n) is 1.23. The van der Waals surface area contributed by atoms with Crippen LogP contribution in [0.3, 0.4) is 0 Å². The van der Waals surface area contributed by atoms with E-state index in [9.17, 15) is 8.78 Å². The first-order valence-electron chi connectivity index (χ1n) is 4.09. The molecule has 0 saturated carbocycles. The molecule has 0 aliphatic rings. The second-order valence-corrected chi connectivity index (χ2v) is 2.83. The lowest BCUT2D eigenvalue weighted by Crippen LogP contribution is -2.27. The molecule has 0 fully saturated rings. The Bertz CT molecular complexity index is 265. The maximum absolute atomic E-state index is 12.8. The van der Waals surface area contributed by atoms with Crippen LogP contribution in [0.4, 0.5) is 8.78 Å². The van der Waals surface area contributed by atoms with Crippen LogP contribution in [0.1, 0.15) is 24.9 Å². The van der Waals surface area contributed by atoms with Crippen molar-refractivity contribution >= 4 is 0 Å². The Morgan fingerprint density at radius 2 is 1.85 bits per heavy atom. The highest BCUT2D eigenvalue weighted by atomic mass is 19.1. The van der Waals surface area contributed by atoms with Gasteiger partial charge in [0.15, 0.2) is 0 Å². The molecule has 1 aromatic carbocycles. The molecule has 0 saturated heterocycles. The van der Waals surface area contributed by atoms with Crippen LogP contribution in [0, 0.1) is 11.6 Å². The lowest BCUT2D eigenvalue weighted by atomic mass is 10.1. The van der Waals surface area contributed by atoms with E-state index in [1.807, 2.05) is 6.92 Å². The van der Waals surface area contributed by atoms with Gasteiger partial charge in [0.2, 0.25) is 0 Å². The Morgan fingerprint density at radius 1 is 1.31 bits per heavy atom. The van der Waals surface area contributed by atoms with Gasteiger partial charge in [0.05, 0.1) is 0 Å². The second kappa shape index (κ2) is 4.30. The number of halogens is 2. The number of rotatable bonds is 3. The van der Waals surface area contributed by atoms with Crippen molar-refractivity contribution in [2.75, 3.05) is 0 Å². The van der Waals surface area contributed by atoms with Gasteiger partial charge < -0.3 is 0 Å². The zero-order valence-electron chi connectivity index (χ0n) is 7.35. The third-order valence-corrected chi connectivity index (χ3v) is 1.90. The molecule has 1 atom stereocenters. The van der Waals surface area contributed by atoms with Crippen molar-refractivity contribution in [3.63, 3.8) is 0 Å². The number of nitrogens with two attached hydrogens (primary N) is 1. The SMILES string of the molecule is CC[C@@H](NN)c1cc(F)cc(F)c1. The summed E-state index contributed by atoms with van der Waals surface area (Å²) in [6.07, 6.45) is 0.680. The number of nitrogens with one attached hydrogen (secondary N) is 1. The van der Waals surface area contributed by atoms with Gasteiger partial charge in [0.1, 0.15) is 11.6 Å². The molecule has 72 valence electrons. The lowest BCUT2D eigenvalue weighted by molar-refractivity contribution is 0.521. The molecule has 0 unspecified atom stereocenters. The van der Waals surface area contributed by atoms with Gasteiger partial charge in [-0.25, -0.2) is 8.78 Å². The fourth-order valence-corrected chi connectivity index (χ4v) is 1.23. The molecule has 0 heterocycles. The largest absolute Gasteiger partial charge is 0.271 e. The number of hydrogen-bond acceptors (Lipinski definition) is 2. The highest BCUT2D eigenvalue weighted by Gasteiger charge is 2.09. The van der Waals surface area contributed by atoms with Crippen molar-refractivity contribution < 1.29 is 8.78 Å². The normalized spacial score (nSPS) is 12.9. The molecule has 0 aliphatic carbocycles. The van der Waals surface area contributed by atoms with E-state index < -0.39 is 11.6 Å². The summed E-state index contributed by atoms with van der Waals surface area (Å²) in [5, 5.41) is 0. The molecule has 0 spiro atoms. The van der Waals surface area contributed by atoms with Crippen LogP contribution in [0.25, 0.3) is 0 Å². The monoisotopic (exact) mass is 186 g/mol. The molecular formula is C9H12F2N2. The van der Waals surface area contributed by atoms with E-state index in [1.54, 1.807) is 0 Å². The first-order valence-corrected chi connectivity index (χ1v) is 4.09. The van der Waals surface area contributed by atoms with Crippen molar-refractivity contribution in [1.29, 1.82) is 0 Å². The van der Waals surface area contributed by atoms with E-state index in [2.05, 4.69) is 5.43 Å². The molecule has 1 rings (SSSR count). The van der Waals surface area contributed by atoms with Crippen molar-refractivity contribution in [3.8, 4) is 0 Å². The van der Waals surface area contributed by atoms with E-state index in [1.165, 1.54) is 12.1 Å². The summed E-state index contributed by atoms with van der Waals surface area (Å²) in [4.78, 5) is 0. The first kappa shape index (κ1) is 10.1. The molecule has 4 heteroatoms. The van der Waals surface area contributed by atoms with Gasteiger partial charge in [-0.1, -0.05) is 6.92 Å². The molecule has 0 amide bonds. The third kappa shape index (κ3) is 2.47. The molecule has 0 aliphatic heterocycles. The summed E-state index contributed by atoms with van der Waals surface area (Å²) >= 11 is 0. The minimum atomic E-state index is -0.580. The van der Waals surface area contributed by atoms with Crippen LogP contribution >= 0.6 is 0 Å². The van der Waals surface area contributed by atoms with Crippen LogP contribution in [-0.2, 0) is 0 Å². The molecule has 3 N–H and O–H groups in total. The van der Waals surface area contributed by atoms with E-state index in [-0.39, 0.29) is 6.04 Å². The van der Waals surface area contributed by atoms with Gasteiger partial charge in [0, 0.05) is 12.1 Å². The Kier molecular flexibility index (Phi) is 3.33. The Balaban J connectivity index is 2.99. The fraction of sp³-hybridized carbons (Fsp3) is 0.333. The summed E-state index contributed by atoms with van der Waals surface area (Å²) in [5.74, 6) is 4.06. The Morgan fingerprint density at radius 3 is 2.23 bits per heavy atom. The van der Waals surface area contributed by atoms with Crippen LogP contribution in [0.15, 0.2) is 18.2 Å². The molecule has 0 aromatic heterocycles. The lowest BCUT2D eigenvalue weighted by Gasteiger charge is -2.13. The molecule has 0 radical (unpaired) electrons. The van der Waals surface area contributed by atoms with E-state index >= 15 is 0 Å². The van der Waals surface area contributed by atoms with Crippen LogP contribution in [0.2, 0.25) is 0 Å².